The zero-order valence-corrected chi connectivity index (χ0v) is 18.5. The van der Waals surface area contributed by atoms with E-state index in [1.165, 1.54) is 18.5 Å². The van der Waals surface area contributed by atoms with Crippen LogP contribution in [0.4, 0.5) is 15.9 Å². The molecular formula is C25H24FN7O. The van der Waals surface area contributed by atoms with Gasteiger partial charge in [-0.05, 0) is 61.8 Å². The standard InChI is InChI=1S/C25H24FN7O/c26-19-3-1-2-17(12-19)15-33-22-5-4-20(13-18(22)14-29-33)31-25-24-23(8-11-32(24)30-16-28-25)34-21-6-9-27-10-7-21/h1-5,8,11-14,16,21,27H,6-7,9-10,15H2,(H,28,30,31). The SMILES string of the molecule is Fc1cccc(Cn2ncc3cc(Nc4ncnn5ccc(OC6CCNCC6)c45)ccc32)c1. The van der Waals surface area contributed by atoms with Gasteiger partial charge < -0.3 is 15.4 Å². The third-order valence-corrected chi connectivity index (χ3v) is 6.12. The van der Waals surface area contributed by atoms with Gasteiger partial charge in [-0.25, -0.2) is 13.9 Å². The number of nitrogens with zero attached hydrogens (tertiary/aromatic N) is 5. The summed E-state index contributed by atoms with van der Waals surface area (Å²) < 4.78 is 23.5. The van der Waals surface area contributed by atoms with E-state index in [1.54, 1.807) is 10.6 Å². The summed E-state index contributed by atoms with van der Waals surface area (Å²) in [5.41, 5.74) is 3.53. The molecule has 1 saturated heterocycles. The van der Waals surface area contributed by atoms with Crippen LogP contribution in [0.1, 0.15) is 18.4 Å². The Morgan fingerprint density at radius 1 is 1.09 bits per heavy atom. The predicted octanol–water partition coefficient (Wildman–Crippen LogP) is 4.14. The maximum absolute atomic E-state index is 13.6. The second-order valence-electron chi connectivity index (χ2n) is 8.48. The topological polar surface area (TPSA) is 81.3 Å². The fraction of sp³-hybridized carbons (Fsp3) is 0.240. The molecule has 2 aromatic carbocycles. The van der Waals surface area contributed by atoms with E-state index in [2.05, 4.69) is 25.8 Å². The lowest BCUT2D eigenvalue weighted by atomic mass is 10.1. The number of benzene rings is 2. The molecule has 0 radical (unpaired) electrons. The average molecular weight is 458 g/mol. The average Bonchev–Trinajstić information content (AvgIpc) is 3.44. The van der Waals surface area contributed by atoms with E-state index in [4.69, 9.17) is 4.74 Å². The molecule has 172 valence electrons. The maximum Gasteiger partial charge on any atom is 0.162 e. The van der Waals surface area contributed by atoms with Gasteiger partial charge in [0, 0.05) is 23.3 Å². The highest BCUT2D eigenvalue weighted by Crippen LogP contribution is 2.31. The Morgan fingerprint density at radius 2 is 2.00 bits per heavy atom. The molecule has 0 atom stereocenters. The molecule has 0 spiro atoms. The normalized spacial score (nSPS) is 14.6. The molecule has 9 heteroatoms. The summed E-state index contributed by atoms with van der Waals surface area (Å²) in [6, 6.07) is 14.6. The summed E-state index contributed by atoms with van der Waals surface area (Å²) in [5.74, 6) is 1.21. The molecule has 3 aromatic heterocycles. The molecule has 0 saturated carbocycles. The molecular weight excluding hydrogens is 433 g/mol. The van der Waals surface area contributed by atoms with Crippen molar-refractivity contribution in [2.24, 2.45) is 0 Å². The molecule has 34 heavy (non-hydrogen) atoms. The summed E-state index contributed by atoms with van der Waals surface area (Å²) in [4.78, 5) is 4.49. The van der Waals surface area contributed by atoms with Gasteiger partial charge in [0.25, 0.3) is 0 Å². The summed E-state index contributed by atoms with van der Waals surface area (Å²) >= 11 is 0. The zero-order chi connectivity index (χ0) is 22.9. The van der Waals surface area contributed by atoms with E-state index < -0.39 is 0 Å². The first-order chi connectivity index (χ1) is 16.7. The van der Waals surface area contributed by atoms with E-state index in [0.29, 0.717) is 12.4 Å². The second kappa shape index (κ2) is 8.75. The van der Waals surface area contributed by atoms with Gasteiger partial charge in [-0.2, -0.15) is 10.2 Å². The van der Waals surface area contributed by atoms with Crippen LogP contribution < -0.4 is 15.4 Å². The van der Waals surface area contributed by atoms with Crippen molar-refractivity contribution in [1.82, 2.24) is 29.7 Å². The molecule has 1 aliphatic rings. The van der Waals surface area contributed by atoms with Gasteiger partial charge in [-0.15, -0.1) is 0 Å². The highest BCUT2D eigenvalue weighted by molar-refractivity contribution is 5.86. The van der Waals surface area contributed by atoms with Crippen molar-refractivity contribution in [3.05, 3.63) is 78.6 Å². The maximum atomic E-state index is 13.6. The molecule has 0 aliphatic carbocycles. The van der Waals surface area contributed by atoms with Crippen LogP contribution in [-0.4, -0.2) is 43.6 Å². The minimum atomic E-state index is -0.245. The lowest BCUT2D eigenvalue weighted by molar-refractivity contribution is 0.164. The number of piperidine rings is 1. The van der Waals surface area contributed by atoms with Gasteiger partial charge in [-0.1, -0.05) is 12.1 Å². The third kappa shape index (κ3) is 4.06. The number of nitrogens with one attached hydrogen (secondary N) is 2. The molecule has 0 amide bonds. The van der Waals surface area contributed by atoms with Gasteiger partial charge in [0.1, 0.15) is 23.8 Å². The number of rotatable bonds is 6. The fourth-order valence-electron chi connectivity index (χ4n) is 4.44. The Balaban J connectivity index is 1.27. The Bertz CT molecular complexity index is 1450. The Kier molecular flexibility index (Phi) is 5.31. The van der Waals surface area contributed by atoms with Crippen LogP contribution in [0.2, 0.25) is 0 Å². The van der Waals surface area contributed by atoms with Crippen molar-refractivity contribution in [1.29, 1.82) is 0 Å². The van der Waals surface area contributed by atoms with Crippen LogP contribution in [0.5, 0.6) is 5.75 Å². The lowest BCUT2D eigenvalue weighted by Gasteiger charge is -2.23. The van der Waals surface area contributed by atoms with Gasteiger partial charge in [0.05, 0.1) is 18.3 Å². The molecule has 1 aliphatic heterocycles. The monoisotopic (exact) mass is 457 g/mol. The lowest BCUT2D eigenvalue weighted by Crippen LogP contribution is -2.34. The van der Waals surface area contributed by atoms with Crippen LogP contribution in [0.15, 0.2) is 67.3 Å². The molecule has 5 aromatic rings. The summed E-state index contributed by atoms with van der Waals surface area (Å²) in [6.45, 7) is 2.43. The van der Waals surface area contributed by atoms with Crippen molar-refractivity contribution in [2.45, 2.75) is 25.5 Å². The van der Waals surface area contributed by atoms with Crippen molar-refractivity contribution < 1.29 is 9.13 Å². The second-order valence-corrected chi connectivity index (χ2v) is 8.48. The van der Waals surface area contributed by atoms with Crippen LogP contribution in [0.25, 0.3) is 16.4 Å². The van der Waals surface area contributed by atoms with Gasteiger partial charge in [0.15, 0.2) is 11.6 Å². The first kappa shape index (κ1) is 20.6. The minimum absolute atomic E-state index is 0.181. The quantitative estimate of drug-likeness (QED) is 0.399. The van der Waals surface area contributed by atoms with Gasteiger partial charge in [-0.3, -0.25) is 4.68 Å². The Labute approximate surface area is 195 Å². The molecule has 4 heterocycles. The number of ether oxygens (including phenoxy) is 1. The highest BCUT2D eigenvalue weighted by atomic mass is 19.1. The summed E-state index contributed by atoms with van der Waals surface area (Å²) in [6.07, 6.45) is 7.37. The third-order valence-electron chi connectivity index (χ3n) is 6.12. The van der Waals surface area contributed by atoms with Crippen LogP contribution in [0, 0.1) is 5.82 Å². The number of hydrogen-bond donors (Lipinski definition) is 2. The van der Waals surface area contributed by atoms with Crippen molar-refractivity contribution in [3.63, 3.8) is 0 Å². The summed E-state index contributed by atoms with van der Waals surface area (Å²) in [5, 5.41) is 16.6. The molecule has 1 fully saturated rings. The first-order valence-electron chi connectivity index (χ1n) is 11.4. The molecule has 8 nitrogen and oxygen atoms in total. The van der Waals surface area contributed by atoms with E-state index in [-0.39, 0.29) is 11.9 Å². The Morgan fingerprint density at radius 3 is 2.88 bits per heavy atom. The zero-order valence-electron chi connectivity index (χ0n) is 18.5. The number of halogens is 1. The van der Waals surface area contributed by atoms with Crippen LogP contribution in [0.3, 0.4) is 0 Å². The first-order valence-corrected chi connectivity index (χ1v) is 11.4. The van der Waals surface area contributed by atoms with Crippen LogP contribution >= 0.6 is 0 Å². The highest BCUT2D eigenvalue weighted by Gasteiger charge is 2.19. The Hall–Kier alpha value is -3.98. The number of hydrogen-bond acceptors (Lipinski definition) is 6. The smallest absolute Gasteiger partial charge is 0.162 e. The number of aromatic nitrogens is 5. The van der Waals surface area contributed by atoms with E-state index in [1.807, 2.05) is 47.4 Å². The molecule has 6 rings (SSSR count). The van der Waals surface area contributed by atoms with Gasteiger partial charge in [0.2, 0.25) is 0 Å². The van der Waals surface area contributed by atoms with Crippen molar-refractivity contribution in [3.8, 4) is 5.75 Å². The van der Waals surface area contributed by atoms with Crippen molar-refractivity contribution in [2.75, 3.05) is 18.4 Å². The molecule has 2 N–H and O–H groups in total. The van der Waals surface area contributed by atoms with Gasteiger partial charge >= 0.3 is 0 Å². The largest absolute Gasteiger partial charge is 0.488 e. The van der Waals surface area contributed by atoms with Crippen LogP contribution in [-0.2, 0) is 6.54 Å². The van der Waals surface area contributed by atoms with E-state index >= 15 is 0 Å². The van der Waals surface area contributed by atoms with E-state index in [9.17, 15) is 4.39 Å². The van der Waals surface area contributed by atoms with Crippen molar-refractivity contribution >= 4 is 27.9 Å². The minimum Gasteiger partial charge on any atom is -0.488 e. The molecule has 0 bridgehead atoms. The predicted molar refractivity (Wildman–Crippen MR) is 128 cm³/mol. The number of fused-ring (bicyclic) bond motifs is 2. The summed E-state index contributed by atoms with van der Waals surface area (Å²) in [7, 11) is 0. The fourth-order valence-corrected chi connectivity index (χ4v) is 4.44. The van der Waals surface area contributed by atoms with E-state index in [0.717, 1.165) is 59.4 Å². The molecule has 0 unspecified atom stereocenters. The number of anilines is 2.